The maximum atomic E-state index is 10.5. The van der Waals surface area contributed by atoms with E-state index in [1.54, 1.807) is 7.11 Å². The van der Waals surface area contributed by atoms with Crippen LogP contribution in [0, 0.1) is 5.92 Å². The second kappa shape index (κ2) is 4.82. The molecule has 0 radical (unpaired) electrons. The third-order valence-electron chi connectivity index (χ3n) is 4.21. The molecule has 1 fully saturated rings. The summed E-state index contributed by atoms with van der Waals surface area (Å²) in [7, 11) is 1.65. The van der Waals surface area contributed by atoms with Crippen molar-refractivity contribution >= 4 is 5.71 Å². The van der Waals surface area contributed by atoms with E-state index >= 15 is 0 Å². The van der Waals surface area contributed by atoms with Crippen molar-refractivity contribution < 1.29 is 9.84 Å². The van der Waals surface area contributed by atoms with Gasteiger partial charge in [-0.15, -0.1) is 0 Å². The Balaban J connectivity index is 1.91. The molecule has 100 valence electrons. The number of hydrogen-bond acceptors (Lipinski definition) is 3. The van der Waals surface area contributed by atoms with E-state index in [9.17, 15) is 5.11 Å². The summed E-state index contributed by atoms with van der Waals surface area (Å²) in [6.07, 6.45) is 2.72. The second-order valence-electron chi connectivity index (χ2n) is 5.35. The largest absolute Gasteiger partial charge is 0.497 e. The molecule has 1 aliphatic carbocycles. The highest BCUT2D eigenvalue weighted by molar-refractivity contribution is 6.05. The predicted molar refractivity (Wildman–Crippen MR) is 75.8 cm³/mol. The molecule has 3 unspecified atom stereocenters. The molecule has 0 saturated heterocycles. The highest BCUT2D eigenvalue weighted by atomic mass is 16.5. The highest BCUT2D eigenvalue weighted by Crippen LogP contribution is 2.38. The molecule has 2 aliphatic rings. The molecule has 1 aromatic rings. The van der Waals surface area contributed by atoms with Gasteiger partial charge in [-0.3, -0.25) is 4.99 Å². The fraction of sp³-hybridized carbons (Fsp3) is 0.438. The summed E-state index contributed by atoms with van der Waals surface area (Å²) in [6.45, 7) is 4.11. The topological polar surface area (TPSA) is 41.8 Å². The van der Waals surface area contributed by atoms with Crippen LogP contribution in [0.1, 0.15) is 24.8 Å². The highest BCUT2D eigenvalue weighted by Gasteiger charge is 2.40. The van der Waals surface area contributed by atoms with E-state index in [1.807, 2.05) is 24.3 Å². The first-order valence-corrected chi connectivity index (χ1v) is 6.78. The van der Waals surface area contributed by atoms with E-state index in [1.165, 1.54) is 5.57 Å². The summed E-state index contributed by atoms with van der Waals surface area (Å²) in [6, 6.07) is 7.84. The molecule has 19 heavy (non-hydrogen) atoms. The Kier molecular flexibility index (Phi) is 3.15. The molecule has 0 bridgehead atoms. The number of benzene rings is 1. The maximum absolute atomic E-state index is 10.5. The smallest absolute Gasteiger partial charge is 0.118 e. The van der Waals surface area contributed by atoms with Crippen LogP contribution in [-0.4, -0.2) is 30.1 Å². The molecule has 0 spiro atoms. The van der Waals surface area contributed by atoms with Crippen LogP contribution in [-0.2, 0) is 0 Å². The summed E-state index contributed by atoms with van der Waals surface area (Å²) in [5.41, 5.74) is 2.95. The monoisotopic (exact) mass is 257 g/mol. The molecule has 1 aliphatic heterocycles. The summed E-state index contributed by atoms with van der Waals surface area (Å²) >= 11 is 0. The van der Waals surface area contributed by atoms with Gasteiger partial charge in [-0.05, 0) is 49.1 Å². The van der Waals surface area contributed by atoms with Crippen molar-refractivity contribution in [2.45, 2.75) is 31.4 Å². The molecule has 3 heteroatoms. The quantitative estimate of drug-likeness (QED) is 0.827. The summed E-state index contributed by atoms with van der Waals surface area (Å²) < 4.78 is 5.15. The first-order chi connectivity index (χ1) is 9.20. The van der Waals surface area contributed by atoms with Crippen molar-refractivity contribution in [2.75, 3.05) is 7.11 Å². The van der Waals surface area contributed by atoms with Crippen LogP contribution in [0.4, 0.5) is 0 Å². The van der Waals surface area contributed by atoms with Gasteiger partial charge in [0, 0.05) is 5.92 Å². The van der Waals surface area contributed by atoms with E-state index in [4.69, 9.17) is 9.73 Å². The molecule has 3 atom stereocenters. The molecular formula is C16H19NO2. The zero-order chi connectivity index (χ0) is 13.4. The zero-order valence-electron chi connectivity index (χ0n) is 11.2. The molecular weight excluding hydrogens is 238 g/mol. The first kappa shape index (κ1) is 12.4. The Morgan fingerprint density at radius 1 is 1.32 bits per heavy atom. The SMILES string of the molecule is C=C1CCCC2C(O)C(c3ccc(OC)cc3)=NC12. The summed E-state index contributed by atoms with van der Waals surface area (Å²) in [5, 5.41) is 10.5. The van der Waals surface area contributed by atoms with Gasteiger partial charge >= 0.3 is 0 Å². The Labute approximate surface area is 113 Å². The minimum absolute atomic E-state index is 0.112. The lowest BCUT2D eigenvalue weighted by atomic mass is 9.80. The third-order valence-corrected chi connectivity index (χ3v) is 4.21. The van der Waals surface area contributed by atoms with E-state index in [0.29, 0.717) is 0 Å². The minimum Gasteiger partial charge on any atom is -0.497 e. The number of methoxy groups -OCH3 is 1. The van der Waals surface area contributed by atoms with Crippen molar-refractivity contribution in [3.63, 3.8) is 0 Å². The standard InChI is InChI=1S/C16H19NO2/c1-10-4-3-5-13-14(10)17-15(16(13)18)11-6-8-12(19-2)9-7-11/h6-9,13-14,16,18H,1,3-5H2,2H3. The van der Waals surface area contributed by atoms with Crippen molar-refractivity contribution in [2.24, 2.45) is 10.9 Å². The zero-order valence-corrected chi connectivity index (χ0v) is 11.2. The van der Waals surface area contributed by atoms with Crippen LogP contribution in [0.3, 0.4) is 0 Å². The lowest BCUT2D eigenvalue weighted by Gasteiger charge is -2.27. The lowest BCUT2D eigenvalue weighted by Crippen LogP contribution is -2.32. The van der Waals surface area contributed by atoms with Crippen molar-refractivity contribution in [1.82, 2.24) is 0 Å². The van der Waals surface area contributed by atoms with E-state index in [-0.39, 0.29) is 12.0 Å². The number of rotatable bonds is 2. The fourth-order valence-corrected chi connectivity index (χ4v) is 3.13. The average molecular weight is 257 g/mol. The van der Waals surface area contributed by atoms with Gasteiger partial charge in [-0.1, -0.05) is 12.2 Å². The van der Waals surface area contributed by atoms with Gasteiger partial charge in [-0.25, -0.2) is 0 Å². The van der Waals surface area contributed by atoms with Crippen LogP contribution >= 0.6 is 0 Å². The van der Waals surface area contributed by atoms with Crippen LogP contribution in [0.5, 0.6) is 5.75 Å². The molecule has 3 nitrogen and oxygen atoms in total. The number of fused-ring (bicyclic) bond motifs is 1. The first-order valence-electron chi connectivity index (χ1n) is 6.78. The van der Waals surface area contributed by atoms with Crippen LogP contribution in [0.2, 0.25) is 0 Å². The number of aliphatic imine (C=N–C) groups is 1. The Morgan fingerprint density at radius 3 is 2.68 bits per heavy atom. The number of hydrogen-bond donors (Lipinski definition) is 1. The van der Waals surface area contributed by atoms with Gasteiger partial charge in [0.15, 0.2) is 0 Å². The molecule has 1 heterocycles. The van der Waals surface area contributed by atoms with Gasteiger partial charge < -0.3 is 9.84 Å². The van der Waals surface area contributed by atoms with Crippen LogP contribution in [0.25, 0.3) is 0 Å². The molecule has 1 N–H and O–H groups in total. The number of aliphatic hydroxyl groups is 1. The Bertz CT molecular complexity index is 518. The molecule has 1 saturated carbocycles. The number of nitrogens with zero attached hydrogens (tertiary/aromatic N) is 1. The molecule has 0 aromatic heterocycles. The van der Waals surface area contributed by atoms with Crippen LogP contribution in [0.15, 0.2) is 41.4 Å². The summed E-state index contributed by atoms with van der Waals surface area (Å²) in [5.74, 6) is 1.04. The van der Waals surface area contributed by atoms with Crippen molar-refractivity contribution in [1.29, 1.82) is 0 Å². The second-order valence-corrected chi connectivity index (χ2v) is 5.35. The summed E-state index contributed by atoms with van der Waals surface area (Å²) in [4.78, 5) is 4.72. The molecule has 3 rings (SSSR count). The Hall–Kier alpha value is -1.61. The predicted octanol–water partition coefficient (Wildman–Crippen LogP) is 2.58. The third kappa shape index (κ3) is 2.08. The van der Waals surface area contributed by atoms with Crippen LogP contribution < -0.4 is 4.74 Å². The van der Waals surface area contributed by atoms with Gasteiger partial charge in [0.2, 0.25) is 0 Å². The van der Waals surface area contributed by atoms with Crippen molar-refractivity contribution in [3.8, 4) is 5.75 Å². The average Bonchev–Trinajstić information content (AvgIpc) is 2.78. The maximum Gasteiger partial charge on any atom is 0.118 e. The molecule has 1 aromatic carbocycles. The fourth-order valence-electron chi connectivity index (χ4n) is 3.13. The van der Waals surface area contributed by atoms with Gasteiger partial charge in [0.05, 0.1) is 18.9 Å². The normalized spacial score (nSPS) is 29.9. The molecule has 0 amide bonds. The minimum atomic E-state index is -0.463. The van der Waals surface area contributed by atoms with Gasteiger partial charge in [-0.2, -0.15) is 0 Å². The van der Waals surface area contributed by atoms with E-state index in [0.717, 1.165) is 36.3 Å². The van der Waals surface area contributed by atoms with E-state index < -0.39 is 6.10 Å². The number of ether oxygens (including phenoxy) is 1. The van der Waals surface area contributed by atoms with Gasteiger partial charge in [0.1, 0.15) is 11.9 Å². The van der Waals surface area contributed by atoms with E-state index in [2.05, 4.69) is 6.58 Å². The van der Waals surface area contributed by atoms with Gasteiger partial charge in [0.25, 0.3) is 0 Å². The van der Waals surface area contributed by atoms with Crippen molar-refractivity contribution in [3.05, 3.63) is 42.0 Å². The Morgan fingerprint density at radius 2 is 2.05 bits per heavy atom. The lowest BCUT2D eigenvalue weighted by molar-refractivity contribution is 0.158. The number of aliphatic hydroxyl groups excluding tert-OH is 1.